The highest BCUT2D eigenvalue weighted by Gasteiger charge is 2.08. The van der Waals surface area contributed by atoms with Crippen molar-refractivity contribution in [3.8, 4) is 0 Å². The largest absolute Gasteiger partial charge is 0.394 e. The van der Waals surface area contributed by atoms with Crippen molar-refractivity contribution in [2.24, 2.45) is 0 Å². The molecule has 0 aromatic rings. The van der Waals surface area contributed by atoms with Crippen molar-refractivity contribution >= 4 is 5.91 Å². The predicted molar refractivity (Wildman–Crippen MR) is 71.9 cm³/mol. The second-order valence-corrected chi connectivity index (χ2v) is 4.73. The van der Waals surface area contributed by atoms with Gasteiger partial charge >= 0.3 is 0 Å². The number of carbonyl (C=O) groups excluding carboxylic acids is 1. The molecule has 0 saturated heterocycles. The maximum atomic E-state index is 11.5. The van der Waals surface area contributed by atoms with Gasteiger partial charge < -0.3 is 10.4 Å². The van der Waals surface area contributed by atoms with E-state index in [0.717, 1.165) is 19.3 Å². The average molecular weight is 243 g/mol. The number of hydrogen-bond donors (Lipinski definition) is 2. The van der Waals surface area contributed by atoms with E-state index in [4.69, 9.17) is 5.11 Å². The molecule has 0 unspecified atom stereocenters. The van der Waals surface area contributed by atoms with E-state index in [0.29, 0.717) is 6.42 Å². The van der Waals surface area contributed by atoms with Gasteiger partial charge in [0.05, 0.1) is 12.6 Å². The van der Waals surface area contributed by atoms with E-state index in [1.165, 1.54) is 32.1 Å². The molecule has 0 spiro atoms. The molecule has 0 aromatic heterocycles. The number of unbranched alkanes of at least 4 members (excludes halogenated alkanes) is 6. The molecule has 0 radical (unpaired) electrons. The van der Waals surface area contributed by atoms with E-state index >= 15 is 0 Å². The first kappa shape index (κ1) is 16.4. The van der Waals surface area contributed by atoms with Gasteiger partial charge in [0.2, 0.25) is 5.91 Å². The summed E-state index contributed by atoms with van der Waals surface area (Å²) >= 11 is 0. The Bertz CT molecular complexity index is 179. The molecule has 1 atom stereocenters. The molecule has 0 aliphatic rings. The van der Waals surface area contributed by atoms with Crippen molar-refractivity contribution in [3.05, 3.63) is 0 Å². The molecule has 0 aliphatic heterocycles. The minimum Gasteiger partial charge on any atom is -0.394 e. The van der Waals surface area contributed by atoms with Crippen molar-refractivity contribution < 1.29 is 9.90 Å². The number of nitrogens with one attached hydrogen (secondary N) is 1. The fraction of sp³-hybridized carbons (Fsp3) is 0.929. The third-order valence-corrected chi connectivity index (χ3v) is 3.09. The van der Waals surface area contributed by atoms with Crippen molar-refractivity contribution in [1.82, 2.24) is 5.32 Å². The molecule has 0 aliphatic carbocycles. The Labute approximate surface area is 106 Å². The Morgan fingerprint density at radius 1 is 1.06 bits per heavy atom. The van der Waals surface area contributed by atoms with Crippen LogP contribution in [0.4, 0.5) is 0 Å². The molecule has 3 nitrogen and oxygen atoms in total. The molecule has 2 N–H and O–H groups in total. The summed E-state index contributed by atoms with van der Waals surface area (Å²) in [6.45, 7) is 4.23. The summed E-state index contributed by atoms with van der Waals surface area (Å²) in [6, 6.07) is -0.0629. The quantitative estimate of drug-likeness (QED) is 0.548. The van der Waals surface area contributed by atoms with Gasteiger partial charge in [-0.2, -0.15) is 0 Å². The molecule has 0 rings (SSSR count). The van der Waals surface area contributed by atoms with E-state index in [1.807, 2.05) is 6.92 Å². The van der Waals surface area contributed by atoms with E-state index in [1.54, 1.807) is 0 Å². The van der Waals surface area contributed by atoms with E-state index in [-0.39, 0.29) is 18.6 Å². The highest BCUT2D eigenvalue weighted by Crippen LogP contribution is 2.08. The molecule has 3 heteroatoms. The van der Waals surface area contributed by atoms with Crippen LogP contribution in [0.25, 0.3) is 0 Å². The third-order valence-electron chi connectivity index (χ3n) is 3.09. The van der Waals surface area contributed by atoms with Crippen LogP contribution in [0.3, 0.4) is 0 Å². The zero-order chi connectivity index (χ0) is 12.9. The van der Waals surface area contributed by atoms with Crippen LogP contribution in [0.5, 0.6) is 0 Å². The van der Waals surface area contributed by atoms with Crippen LogP contribution >= 0.6 is 0 Å². The van der Waals surface area contributed by atoms with Gasteiger partial charge in [-0.05, 0) is 12.8 Å². The van der Waals surface area contributed by atoms with Gasteiger partial charge in [-0.15, -0.1) is 0 Å². The van der Waals surface area contributed by atoms with Gasteiger partial charge in [-0.3, -0.25) is 4.79 Å². The number of aliphatic hydroxyl groups is 1. The van der Waals surface area contributed by atoms with Crippen molar-refractivity contribution in [2.75, 3.05) is 6.61 Å². The second-order valence-electron chi connectivity index (χ2n) is 4.73. The summed E-state index contributed by atoms with van der Waals surface area (Å²) in [5.74, 6) is 0.0828. The molecule has 0 heterocycles. The zero-order valence-electron chi connectivity index (χ0n) is 11.5. The fourth-order valence-electron chi connectivity index (χ4n) is 1.82. The lowest BCUT2D eigenvalue weighted by Crippen LogP contribution is -2.36. The minimum absolute atomic E-state index is 0.0409. The molecule has 0 bridgehead atoms. The van der Waals surface area contributed by atoms with Crippen molar-refractivity contribution in [3.63, 3.8) is 0 Å². The van der Waals surface area contributed by atoms with Gasteiger partial charge in [0, 0.05) is 6.42 Å². The highest BCUT2D eigenvalue weighted by atomic mass is 16.3. The summed E-state index contributed by atoms with van der Waals surface area (Å²) in [6.07, 6.45) is 9.98. The van der Waals surface area contributed by atoms with Gasteiger partial charge in [0.15, 0.2) is 0 Å². The number of hydrogen-bond acceptors (Lipinski definition) is 2. The van der Waals surface area contributed by atoms with Crippen LogP contribution in [-0.2, 0) is 4.79 Å². The normalized spacial score (nSPS) is 12.4. The Morgan fingerprint density at radius 2 is 1.65 bits per heavy atom. The van der Waals surface area contributed by atoms with Gasteiger partial charge in [-0.25, -0.2) is 0 Å². The Kier molecular flexibility index (Phi) is 11.5. The summed E-state index contributed by atoms with van der Waals surface area (Å²) in [4.78, 5) is 11.5. The summed E-state index contributed by atoms with van der Waals surface area (Å²) < 4.78 is 0. The van der Waals surface area contributed by atoms with Crippen LogP contribution in [0.1, 0.15) is 71.6 Å². The molecular formula is C14H29NO2. The molecule has 1 amide bonds. The van der Waals surface area contributed by atoms with Crippen LogP contribution < -0.4 is 5.32 Å². The van der Waals surface area contributed by atoms with Gasteiger partial charge in [0.25, 0.3) is 0 Å². The molecule has 0 aromatic carbocycles. The molecule has 102 valence electrons. The molecule has 0 fully saturated rings. The van der Waals surface area contributed by atoms with Crippen LogP contribution in [0.2, 0.25) is 0 Å². The fourth-order valence-corrected chi connectivity index (χ4v) is 1.82. The summed E-state index contributed by atoms with van der Waals surface area (Å²) in [5.41, 5.74) is 0. The van der Waals surface area contributed by atoms with Gasteiger partial charge in [0.1, 0.15) is 0 Å². The number of rotatable bonds is 11. The molecule has 0 saturated carbocycles. The average Bonchev–Trinajstić information content (AvgIpc) is 2.34. The first-order valence-electron chi connectivity index (χ1n) is 7.14. The number of aliphatic hydroxyl groups excluding tert-OH is 1. The van der Waals surface area contributed by atoms with E-state index < -0.39 is 0 Å². The smallest absolute Gasteiger partial charge is 0.220 e. The van der Waals surface area contributed by atoms with Crippen LogP contribution in [0.15, 0.2) is 0 Å². The lowest BCUT2D eigenvalue weighted by atomic mass is 10.1. The lowest BCUT2D eigenvalue weighted by Gasteiger charge is -2.13. The first-order valence-corrected chi connectivity index (χ1v) is 7.14. The van der Waals surface area contributed by atoms with Crippen molar-refractivity contribution in [1.29, 1.82) is 0 Å². The van der Waals surface area contributed by atoms with E-state index in [2.05, 4.69) is 12.2 Å². The van der Waals surface area contributed by atoms with Gasteiger partial charge in [-0.1, -0.05) is 52.4 Å². The third kappa shape index (κ3) is 10.3. The predicted octanol–water partition coefficient (Wildman–Crippen LogP) is 3.01. The standard InChI is InChI=1S/C14H29NO2/c1-3-5-6-7-8-9-10-11-14(17)15-13(4-2)12-16/h13,16H,3-12H2,1-2H3,(H,15,17)/t13-/m0/s1. The first-order chi connectivity index (χ1) is 8.24. The summed E-state index contributed by atoms with van der Waals surface area (Å²) in [5, 5.41) is 11.8. The second kappa shape index (κ2) is 11.9. The van der Waals surface area contributed by atoms with Crippen LogP contribution in [-0.4, -0.2) is 23.7 Å². The molecular weight excluding hydrogens is 214 g/mol. The molecule has 17 heavy (non-hydrogen) atoms. The summed E-state index contributed by atoms with van der Waals surface area (Å²) in [7, 11) is 0. The van der Waals surface area contributed by atoms with E-state index in [9.17, 15) is 4.79 Å². The zero-order valence-corrected chi connectivity index (χ0v) is 11.5. The minimum atomic E-state index is -0.0629. The Balaban J connectivity index is 3.33. The maximum Gasteiger partial charge on any atom is 0.220 e. The van der Waals surface area contributed by atoms with Crippen molar-refractivity contribution in [2.45, 2.75) is 77.7 Å². The monoisotopic (exact) mass is 243 g/mol. The van der Waals surface area contributed by atoms with Crippen LogP contribution in [0, 0.1) is 0 Å². The highest BCUT2D eigenvalue weighted by molar-refractivity contribution is 5.76. The Hall–Kier alpha value is -0.570. The maximum absolute atomic E-state index is 11.5. The SMILES string of the molecule is CCCCCCCCCC(=O)N[C@@H](CC)CO. The topological polar surface area (TPSA) is 49.3 Å². The number of amides is 1. The lowest BCUT2D eigenvalue weighted by molar-refractivity contribution is -0.122. The Morgan fingerprint density at radius 3 is 2.18 bits per heavy atom. The number of carbonyl (C=O) groups is 1.